The summed E-state index contributed by atoms with van der Waals surface area (Å²) in [6, 6.07) is 10.1. The second kappa shape index (κ2) is 9.62. The Bertz CT molecular complexity index is 696. The van der Waals surface area contributed by atoms with Crippen LogP contribution in [0.4, 0.5) is 0 Å². The second-order valence-corrected chi connectivity index (χ2v) is 6.75. The fraction of sp³-hybridized carbons (Fsp3) is 0.500. The molecule has 6 nitrogen and oxygen atoms in total. The van der Waals surface area contributed by atoms with Crippen molar-refractivity contribution in [1.82, 2.24) is 14.9 Å². The molecule has 0 amide bonds. The van der Waals surface area contributed by atoms with Crippen LogP contribution < -0.4 is 4.74 Å². The third-order valence-corrected chi connectivity index (χ3v) is 4.44. The first-order valence-electron chi connectivity index (χ1n) is 9.13. The highest BCUT2D eigenvalue weighted by molar-refractivity contribution is 5.28. The molecule has 1 aliphatic heterocycles. The molecule has 6 heteroatoms. The van der Waals surface area contributed by atoms with Gasteiger partial charge in [0.1, 0.15) is 18.7 Å². The summed E-state index contributed by atoms with van der Waals surface area (Å²) in [4.78, 5) is 11.0. The van der Waals surface area contributed by atoms with Gasteiger partial charge in [0.25, 0.3) is 0 Å². The third kappa shape index (κ3) is 5.76. The van der Waals surface area contributed by atoms with Crippen molar-refractivity contribution >= 4 is 0 Å². The molecule has 1 saturated heterocycles. The smallest absolute Gasteiger partial charge is 0.119 e. The van der Waals surface area contributed by atoms with Gasteiger partial charge in [0, 0.05) is 36.9 Å². The molecule has 26 heavy (non-hydrogen) atoms. The number of nitrogens with zero attached hydrogens (tertiary/aromatic N) is 3. The summed E-state index contributed by atoms with van der Waals surface area (Å²) in [6.07, 6.45) is 2.54. The van der Waals surface area contributed by atoms with Gasteiger partial charge in [-0.15, -0.1) is 0 Å². The molecule has 0 bridgehead atoms. The van der Waals surface area contributed by atoms with Crippen LogP contribution in [0.1, 0.15) is 17.0 Å². The van der Waals surface area contributed by atoms with Crippen LogP contribution >= 0.6 is 0 Å². The second-order valence-electron chi connectivity index (χ2n) is 6.75. The average Bonchev–Trinajstić information content (AvgIpc) is 2.85. The Hall–Kier alpha value is -2.02. The van der Waals surface area contributed by atoms with Gasteiger partial charge in [-0.05, 0) is 37.1 Å². The zero-order chi connectivity index (χ0) is 18.2. The summed E-state index contributed by atoms with van der Waals surface area (Å²) in [5.41, 5.74) is 3.28. The maximum absolute atomic E-state index is 8.90. The minimum Gasteiger partial charge on any atom is -0.491 e. The Morgan fingerprint density at radius 2 is 2.23 bits per heavy atom. The number of hydrogen-bond donors (Lipinski definition) is 1. The van der Waals surface area contributed by atoms with Gasteiger partial charge in [-0.3, -0.25) is 4.90 Å². The summed E-state index contributed by atoms with van der Waals surface area (Å²) < 4.78 is 11.3. The molecule has 2 aromatic rings. The molecule has 1 aromatic heterocycles. The minimum absolute atomic E-state index is 0.0257. The molecule has 1 aromatic carbocycles. The third-order valence-electron chi connectivity index (χ3n) is 4.44. The fourth-order valence-electron chi connectivity index (χ4n) is 3.29. The Kier molecular flexibility index (Phi) is 6.94. The van der Waals surface area contributed by atoms with E-state index >= 15 is 0 Å². The van der Waals surface area contributed by atoms with E-state index < -0.39 is 0 Å². The quantitative estimate of drug-likeness (QED) is 0.816. The van der Waals surface area contributed by atoms with Crippen molar-refractivity contribution in [3.63, 3.8) is 0 Å². The van der Waals surface area contributed by atoms with Crippen LogP contribution in [-0.4, -0.2) is 59.5 Å². The maximum Gasteiger partial charge on any atom is 0.119 e. The molecule has 0 radical (unpaired) electrons. The molecular formula is C20H27N3O3. The number of hydrogen-bond acceptors (Lipinski definition) is 6. The van der Waals surface area contributed by atoms with Gasteiger partial charge in [-0.25, -0.2) is 9.97 Å². The Morgan fingerprint density at radius 3 is 3.08 bits per heavy atom. The summed E-state index contributed by atoms with van der Waals surface area (Å²) in [5, 5.41) is 8.90. The first-order valence-corrected chi connectivity index (χ1v) is 9.13. The number of aliphatic hydroxyl groups is 1. The standard InChI is InChI=1S/C20H27N3O3/c1-16-9-19(22-15-21-16)10-18-13-23(5-7-25-14-18)12-17-3-2-4-20(11-17)26-8-6-24/h2-4,9,11,15,18,24H,5-8,10,12-14H2,1H3/t18-/m0/s1. The first kappa shape index (κ1) is 18.8. The van der Waals surface area contributed by atoms with Crippen molar-refractivity contribution < 1.29 is 14.6 Å². The predicted octanol–water partition coefficient (Wildman–Crippen LogP) is 1.85. The van der Waals surface area contributed by atoms with Gasteiger partial charge in [-0.1, -0.05) is 12.1 Å². The molecule has 0 spiro atoms. The molecule has 2 heterocycles. The number of aliphatic hydroxyl groups excluding tert-OH is 1. The number of aryl methyl sites for hydroxylation is 1. The lowest BCUT2D eigenvalue weighted by atomic mass is 10.0. The van der Waals surface area contributed by atoms with E-state index in [1.807, 2.05) is 25.1 Å². The molecule has 0 saturated carbocycles. The lowest BCUT2D eigenvalue weighted by molar-refractivity contribution is 0.121. The number of aromatic nitrogens is 2. The van der Waals surface area contributed by atoms with Crippen molar-refractivity contribution in [2.45, 2.75) is 19.9 Å². The van der Waals surface area contributed by atoms with Crippen molar-refractivity contribution in [3.8, 4) is 5.75 Å². The number of rotatable bonds is 7. The van der Waals surface area contributed by atoms with Crippen molar-refractivity contribution in [3.05, 3.63) is 53.6 Å². The van der Waals surface area contributed by atoms with E-state index in [0.717, 1.165) is 56.4 Å². The maximum atomic E-state index is 8.90. The monoisotopic (exact) mass is 357 g/mol. The minimum atomic E-state index is 0.0257. The van der Waals surface area contributed by atoms with Crippen molar-refractivity contribution in [1.29, 1.82) is 0 Å². The van der Waals surface area contributed by atoms with E-state index in [4.69, 9.17) is 14.6 Å². The zero-order valence-corrected chi connectivity index (χ0v) is 15.3. The van der Waals surface area contributed by atoms with Crippen LogP contribution in [0.2, 0.25) is 0 Å². The van der Waals surface area contributed by atoms with E-state index in [0.29, 0.717) is 12.5 Å². The van der Waals surface area contributed by atoms with Gasteiger partial charge in [-0.2, -0.15) is 0 Å². The normalized spacial score (nSPS) is 18.5. The van der Waals surface area contributed by atoms with Gasteiger partial charge in [0.05, 0.1) is 19.8 Å². The van der Waals surface area contributed by atoms with Gasteiger partial charge < -0.3 is 14.6 Å². The van der Waals surface area contributed by atoms with E-state index in [-0.39, 0.29) is 6.61 Å². The highest BCUT2D eigenvalue weighted by atomic mass is 16.5. The molecular weight excluding hydrogens is 330 g/mol. The van der Waals surface area contributed by atoms with Crippen molar-refractivity contribution in [2.75, 3.05) is 39.5 Å². The van der Waals surface area contributed by atoms with E-state index in [1.54, 1.807) is 6.33 Å². The van der Waals surface area contributed by atoms with Crippen LogP contribution in [0.3, 0.4) is 0 Å². The van der Waals surface area contributed by atoms with Crippen LogP contribution in [0.25, 0.3) is 0 Å². The van der Waals surface area contributed by atoms with Crippen LogP contribution in [0.15, 0.2) is 36.7 Å². The first-order chi connectivity index (χ1) is 12.7. The molecule has 1 atom stereocenters. The lowest BCUT2D eigenvalue weighted by Crippen LogP contribution is -2.30. The van der Waals surface area contributed by atoms with Gasteiger partial charge in [0.15, 0.2) is 0 Å². The summed E-state index contributed by atoms with van der Waals surface area (Å²) in [5.74, 6) is 1.22. The summed E-state index contributed by atoms with van der Waals surface area (Å²) >= 11 is 0. The Labute approximate surface area is 154 Å². The molecule has 1 fully saturated rings. The molecule has 1 N–H and O–H groups in total. The average molecular weight is 357 g/mol. The largest absolute Gasteiger partial charge is 0.491 e. The predicted molar refractivity (Wildman–Crippen MR) is 99.1 cm³/mol. The van der Waals surface area contributed by atoms with E-state index in [2.05, 4.69) is 27.0 Å². The Balaban J connectivity index is 1.60. The molecule has 140 valence electrons. The van der Waals surface area contributed by atoms with Gasteiger partial charge >= 0.3 is 0 Å². The van der Waals surface area contributed by atoms with Crippen LogP contribution in [0, 0.1) is 12.8 Å². The van der Waals surface area contributed by atoms with Crippen LogP contribution in [0.5, 0.6) is 5.75 Å². The molecule has 0 aliphatic carbocycles. The lowest BCUT2D eigenvalue weighted by Gasteiger charge is -2.23. The molecule has 0 unspecified atom stereocenters. The topological polar surface area (TPSA) is 67.7 Å². The molecule has 1 aliphatic rings. The van der Waals surface area contributed by atoms with Crippen molar-refractivity contribution in [2.24, 2.45) is 5.92 Å². The summed E-state index contributed by atoms with van der Waals surface area (Å²) in [6.45, 7) is 6.61. The summed E-state index contributed by atoms with van der Waals surface area (Å²) in [7, 11) is 0. The fourth-order valence-corrected chi connectivity index (χ4v) is 3.29. The highest BCUT2D eigenvalue weighted by Crippen LogP contribution is 2.18. The van der Waals surface area contributed by atoms with Crippen LogP contribution in [-0.2, 0) is 17.7 Å². The SMILES string of the molecule is Cc1cc(C[C@@H]2COCCN(Cc3cccc(OCCO)c3)C2)ncn1. The Morgan fingerprint density at radius 1 is 1.31 bits per heavy atom. The highest BCUT2D eigenvalue weighted by Gasteiger charge is 2.20. The number of ether oxygens (including phenoxy) is 2. The molecule has 3 rings (SSSR count). The van der Waals surface area contributed by atoms with Gasteiger partial charge in [0.2, 0.25) is 0 Å². The van der Waals surface area contributed by atoms with E-state index in [9.17, 15) is 0 Å². The zero-order valence-electron chi connectivity index (χ0n) is 15.3. The van der Waals surface area contributed by atoms with E-state index in [1.165, 1.54) is 5.56 Å². The number of benzene rings is 1.